The second-order valence-electron chi connectivity index (χ2n) is 5.74. The zero-order valence-electron chi connectivity index (χ0n) is 13.2. The number of benzene rings is 2. The maximum Gasteiger partial charge on any atom is 0.241 e. The summed E-state index contributed by atoms with van der Waals surface area (Å²) in [6.07, 6.45) is 0. The molecule has 6 heteroatoms. The van der Waals surface area contributed by atoms with Gasteiger partial charge in [-0.25, -0.2) is 21.9 Å². The molecular formula is C17H19F2NO2S. The molecule has 1 unspecified atom stereocenters. The maximum absolute atomic E-state index is 13.2. The molecule has 0 amide bonds. The lowest BCUT2D eigenvalue weighted by Gasteiger charge is -2.16. The van der Waals surface area contributed by atoms with E-state index < -0.39 is 27.7 Å². The zero-order valence-corrected chi connectivity index (χ0v) is 14.0. The summed E-state index contributed by atoms with van der Waals surface area (Å²) in [5.74, 6) is -1.89. The van der Waals surface area contributed by atoms with Crippen molar-refractivity contribution in [2.24, 2.45) is 0 Å². The van der Waals surface area contributed by atoms with Crippen molar-refractivity contribution < 1.29 is 17.2 Å². The van der Waals surface area contributed by atoms with Crippen LogP contribution >= 0.6 is 0 Å². The molecule has 0 spiro atoms. The van der Waals surface area contributed by atoms with Gasteiger partial charge in [0.05, 0.1) is 4.90 Å². The molecule has 23 heavy (non-hydrogen) atoms. The van der Waals surface area contributed by atoms with Crippen molar-refractivity contribution in [3.63, 3.8) is 0 Å². The molecule has 3 nitrogen and oxygen atoms in total. The van der Waals surface area contributed by atoms with Gasteiger partial charge in [-0.2, -0.15) is 0 Å². The Morgan fingerprint density at radius 1 is 0.870 bits per heavy atom. The molecule has 1 N–H and O–H groups in total. The van der Waals surface area contributed by atoms with Gasteiger partial charge in [0.15, 0.2) is 11.6 Å². The molecule has 2 rings (SSSR count). The maximum atomic E-state index is 13.2. The van der Waals surface area contributed by atoms with Crippen LogP contribution in [0.4, 0.5) is 8.78 Å². The van der Waals surface area contributed by atoms with E-state index in [9.17, 15) is 17.2 Å². The molecule has 0 aliphatic heterocycles. The van der Waals surface area contributed by atoms with Crippen LogP contribution in [0, 0.1) is 11.6 Å². The van der Waals surface area contributed by atoms with E-state index in [1.165, 1.54) is 0 Å². The van der Waals surface area contributed by atoms with Gasteiger partial charge in [0, 0.05) is 6.04 Å². The normalized spacial score (nSPS) is 13.3. The molecule has 0 bridgehead atoms. The topological polar surface area (TPSA) is 46.2 Å². The Hall–Kier alpha value is -1.79. The lowest BCUT2D eigenvalue weighted by atomic mass is 10.00. The summed E-state index contributed by atoms with van der Waals surface area (Å²) in [5.41, 5.74) is 1.95. The van der Waals surface area contributed by atoms with Crippen molar-refractivity contribution in [3.05, 3.63) is 65.2 Å². The molecule has 0 radical (unpaired) electrons. The van der Waals surface area contributed by atoms with Crippen LogP contribution in [-0.4, -0.2) is 8.42 Å². The summed E-state index contributed by atoms with van der Waals surface area (Å²) in [6, 6.07) is 9.62. The first-order valence-electron chi connectivity index (χ1n) is 7.28. The van der Waals surface area contributed by atoms with Crippen LogP contribution in [0.1, 0.15) is 43.9 Å². The summed E-state index contributed by atoms with van der Waals surface area (Å²) in [6.45, 7) is 5.84. The van der Waals surface area contributed by atoms with Gasteiger partial charge in [0.25, 0.3) is 0 Å². The van der Waals surface area contributed by atoms with Gasteiger partial charge in [-0.15, -0.1) is 0 Å². The highest BCUT2D eigenvalue weighted by Crippen LogP contribution is 2.21. The van der Waals surface area contributed by atoms with Crippen LogP contribution in [-0.2, 0) is 10.0 Å². The van der Waals surface area contributed by atoms with Gasteiger partial charge < -0.3 is 0 Å². The largest absolute Gasteiger partial charge is 0.241 e. The highest BCUT2D eigenvalue weighted by molar-refractivity contribution is 7.89. The van der Waals surface area contributed by atoms with Crippen molar-refractivity contribution in [2.45, 2.75) is 37.6 Å². The molecule has 1 atom stereocenters. The first-order chi connectivity index (χ1) is 10.7. The van der Waals surface area contributed by atoms with E-state index in [0.717, 1.165) is 23.3 Å². The van der Waals surface area contributed by atoms with Gasteiger partial charge in [-0.3, -0.25) is 0 Å². The van der Waals surface area contributed by atoms with E-state index in [4.69, 9.17) is 0 Å². The second kappa shape index (κ2) is 6.76. The Morgan fingerprint density at radius 3 is 1.96 bits per heavy atom. The average molecular weight is 339 g/mol. The van der Waals surface area contributed by atoms with Crippen LogP contribution in [0.5, 0.6) is 0 Å². The number of rotatable bonds is 5. The summed E-state index contributed by atoms with van der Waals surface area (Å²) in [5, 5.41) is 0. The van der Waals surface area contributed by atoms with Crippen molar-refractivity contribution in [1.29, 1.82) is 0 Å². The van der Waals surface area contributed by atoms with Crippen molar-refractivity contribution in [2.75, 3.05) is 0 Å². The number of hydrogen-bond acceptors (Lipinski definition) is 2. The lowest BCUT2D eigenvalue weighted by Crippen LogP contribution is -2.27. The highest BCUT2D eigenvalue weighted by atomic mass is 32.2. The molecule has 124 valence electrons. The minimum absolute atomic E-state index is 0.304. The average Bonchev–Trinajstić information content (AvgIpc) is 2.49. The Kier molecular flexibility index (Phi) is 5.16. The quantitative estimate of drug-likeness (QED) is 0.890. The lowest BCUT2D eigenvalue weighted by molar-refractivity contribution is 0.503. The highest BCUT2D eigenvalue weighted by Gasteiger charge is 2.20. The standard InChI is InChI=1S/C17H19F2NO2S/c1-11(2)13-4-6-14(7-5-13)12(3)20-23(21,22)15-8-9-16(18)17(19)10-15/h4-12,20H,1-3H3. The fourth-order valence-electron chi connectivity index (χ4n) is 2.18. The van der Waals surface area contributed by atoms with E-state index in [2.05, 4.69) is 18.6 Å². The Labute approximate surface area is 135 Å². The molecular weight excluding hydrogens is 320 g/mol. The molecule has 0 saturated heterocycles. The number of hydrogen-bond donors (Lipinski definition) is 1. The third-order valence-corrected chi connectivity index (χ3v) is 5.17. The van der Waals surface area contributed by atoms with Crippen LogP contribution in [0.25, 0.3) is 0 Å². The Morgan fingerprint density at radius 2 is 1.43 bits per heavy atom. The third kappa shape index (κ3) is 4.14. The summed E-state index contributed by atoms with van der Waals surface area (Å²) in [7, 11) is -3.93. The first-order valence-corrected chi connectivity index (χ1v) is 8.76. The van der Waals surface area contributed by atoms with E-state index >= 15 is 0 Å². The monoisotopic (exact) mass is 339 g/mol. The number of nitrogens with one attached hydrogen (secondary N) is 1. The van der Waals surface area contributed by atoms with Gasteiger partial charge in [-0.1, -0.05) is 38.1 Å². The second-order valence-corrected chi connectivity index (χ2v) is 7.45. The smallest absolute Gasteiger partial charge is 0.207 e. The fraction of sp³-hybridized carbons (Fsp3) is 0.294. The van der Waals surface area contributed by atoms with Crippen LogP contribution in [0.2, 0.25) is 0 Å². The minimum atomic E-state index is -3.93. The molecule has 2 aromatic rings. The Balaban J connectivity index is 2.20. The van der Waals surface area contributed by atoms with Crippen molar-refractivity contribution in [1.82, 2.24) is 4.72 Å². The molecule has 0 saturated carbocycles. The van der Waals surface area contributed by atoms with Crippen LogP contribution in [0.15, 0.2) is 47.4 Å². The zero-order chi connectivity index (χ0) is 17.2. The van der Waals surface area contributed by atoms with Crippen LogP contribution < -0.4 is 4.72 Å². The van der Waals surface area contributed by atoms with Crippen molar-refractivity contribution >= 4 is 10.0 Å². The third-order valence-electron chi connectivity index (χ3n) is 3.64. The SMILES string of the molecule is CC(C)c1ccc(C(C)NS(=O)(=O)c2ccc(F)c(F)c2)cc1. The molecule has 2 aromatic carbocycles. The Bertz CT molecular complexity index is 787. The van der Waals surface area contributed by atoms with Crippen molar-refractivity contribution in [3.8, 4) is 0 Å². The molecule has 0 aliphatic rings. The predicted molar refractivity (Wildman–Crippen MR) is 85.6 cm³/mol. The number of halogens is 2. The van der Waals surface area contributed by atoms with Gasteiger partial charge >= 0.3 is 0 Å². The van der Waals surface area contributed by atoms with E-state index in [-0.39, 0.29) is 4.90 Å². The van der Waals surface area contributed by atoms with E-state index in [1.54, 1.807) is 6.92 Å². The predicted octanol–water partition coefficient (Wildman–Crippen LogP) is 4.13. The number of sulfonamides is 1. The fourth-order valence-corrected chi connectivity index (χ4v) is 3.43. The first kappa shape index (κ1) is 17.6. The summed E-state index contributed by atoms with van der Waals surface area (Å²) >= 11 is 0. The summed E-state index contributed by atoms with van der Waals surface area (Å²) in [4.78, 5) is -0.304. The van der Waals surface area contributed by atoms with Gasteiger partial charge in [0.1, 0.15) is 0 Å². The summed E-state index contributed by atoms with van der Waals surface area (Å²) < 4.78 is 53.1. The van der Waals surface area contributed by atoms with Gasteiger partial charge in [0.2, 0.25) is 10.0 Å². The molecule has 0 fully saturated rings. The van der Waals surface area contributed by atoms with Crippen LogP contribution in [0.3, 0.4) is 0 Å². The van der Waals surface area contributed by atoms with E-state index in [1.807, 2.05) is 24.3 Å². The molecule has 0 aliphatic carbocycles. The molecule has 0 heterocycles. The van der Waals surface area contributed by atoms with Gasteiger partial charge in [-0.05, 0) is 42.2 Å². The van der Waals surface area contributed by atoms with E-state index in [0.29, 0.717) is 12.0 Å². The molecule has 0 aromatic heterocycles. The minimum Gasteiger partial charge on any atom is -0.207 e.